The highest BCUT2D eigenvalue weighted by atomic mass is 35.5. The number of halogens is 1. The van der Waals surface area contributed by atoms with E-state index in [1.54, 1.807) is 28.9 Å². The van der Waals surface area contributed by atoms with Crippen LogP contribution in [0.5, 0.6) is 0 Å². The molecule has 0 unspecified atom stereocenters. The second-order valence-corrected chi connectivity index (χ2v) is 6.17. The van der Waals surface area contributed by atoms with Crippen LogP contribution in [0.4, 0.5) is 0 Å². The van der Waals surface area contributed by atoms with E-state index in [-0.39, 0.29) is 12.3 Å². The Bertz CT molecular complexity index is 854. The summed E-state index contributed by atoms with van der Waals surface area (Å²) in [5, 5.41) is 13.4. The quantitative estimate of drug-likeness (QED) is 0.759. The van der Waals surface area contributed by atoms with E-state index >= 15 is 0 Å². The van der Waals surface area contributed by atoms with Gasteiger partial charge in [0.15, 0.2) is 0 Å². The average Bonchev–Trinajstić information content (AvgIpc) is 2.89. The molecule has 2 rings (SSSR count). The maximum Gasteiger partial charge on any atom is 0.271 e. The van der Waals surface area contributed by atoms with Crippen LogP contribution in [0.1, 0.15) is 40.2 Å². The zero-order valence-electron chi connectivity index (χ0n) is 14.7. The lowest BCUT2D eigenvalue weighted by molar-refractivity contribution is -0.121. The van der Waals surface area contributed by atoms with Gasteiger partial charge in [-0.15, -0.1) is 0 Å². The first kappa shape index (κ1) is 19.5. The number of benzene rings is 1. The molecule has 0 radical (unpaired) electrons. The van der Waals surface area contributed by atoms with E-state index in [0.717, 1.165) is 17.0 Å². The van der Waals surface area contributed by atoms with E-state index in [4.69, 9.17) is 16.9 Å². The van der Waals surface area contributed by atoms with Crippen LogP contribution in [-0.2, 0) is 17.8 Å². The summed E-state index contributed by atoms with van der Waals surface area (Å²) in [6, 6.07) is 8.69. The molecule has 2 aromatic rings. The summed E-state index contributed by atoms with van der Waals surface area (Å²) in [6.07, 6.45) is 1.09. The number of carbonyl (C=O) groups excluding carboxylic acids is 2. The normalized spacial score (nSPS) is 10.2. The van der Waals surface area contributed by atoms with Gasteiger partial charge in [0.1, 0.15) is 0 Å². The van der Waals surface area contributed by atoms with Crippen molar-refractivity contribution in [1.29, 1.82) is 5.26 Å². The van der Waals surface area contributed by atoms with Gasteiger partial charge < -0.3 is 0 Å². The predicted molar refractivity (Wildman–Crippen MR) is 97.3 cm³/mol. The molecule has 0 fully saturated rings. The van der Waals surface area contributed by atoms with Crippen LogP contribution in [0.25, 0.3) is 0 Å². The minimum atomic E-state index is -0.472. The highest BCUT2D eigenvalue weighted by molar-refractivity contribution is 6.33. The fourth-order valence-corrected chi connectivity index (χ4v) is 2.83. The number of hydrogen-bond donors (Lipinski definition) is 2. The minimum Gasteiger partial charge on any atom is -0.273 e. The molecule has 1 aromatic heterocycles. The van der Waals surface area contributed by atoms with Crippen molar-refractivity contribution in [2.75, 3.05) is 0 Å². The molecule has 136 valence electrons. The molecule has 0 aliphatic carbocycles. The van der Waals surface area contributed by atoms with Crippen molar-refractivity contribution < 1.29 is 9.59 Å². The number of hydrazine groups is 1. The van der Waals surface area contributed by atoms with E-state index in [1.807, 2.05) is 13.8 Å². The molecule has 1 aromatic carbocycles. The van der Waals surface area contributed by atoms with Gasteiger partial charge in [-0.25, -0.2) is 0 Å². The topological polar surface area (TPSA) is 99.8 Å². The number of rotatable bonds is 6. The van der Waals surface area contributed by atoms with Crippen molar-refractivity contribution in [2.45, 2.75) is 39.7 Å². The lowest BCUT2D eigenvalue weighted by atomic mass is 10.1. The third-order valence-electron chi connectivity index (χ3n) is 4.00. The van der Waals surface area contributed by atoms with Crippen LogP contribution in [0.2, 0.25) is 5.02 Å². The SMILES string of the molecule is Cc1nn(CCC#N)c(C)c1CCC(=O)NNC(=O)c1ccccc1Cl. The zero-order valence-corrected chi connectivity index (χ0v) is 15.4. The lowest BCUT2D eigenvalue weighted by Gasteiger charge is -2.08. The van der Waals surface area contributed by atoms with Crippen LogP contribution in [0.15, 0.2) is 24.3 Å². The minimum absolute atomic E-state index is 0.203. The third kappa shape index (κ3) is 4.83. The number of aromatic nitrogens is 2. The van der Waals surface area contributed by atoms with Crippen molar-refractivity contribution in [3.05, 3.63) is 51.8 Å². The van der Waals surface area contributed by atoms with Gasteiger partial charge in [0.05, 0.1) is 35.3 Å². The van der Waals surface area contributed by atoms with Crippen LogP contribution >= 0.6 is 11.6 Å². The first-order chi connectivity index (χ1) is 12.4. The van der Waals surface area contributed by atoms with Gasteiger partial charge >= 0.3 is 0 Å². The molecule has 0 saturated carbocycles. The van der Waals surface area contributed by atoms with Crippen LogP contribution < -0.4 is 10.9 Å². The number of nitrogens with one attached hydrogen (secondary N) is 2. The van der Waals surface area contributed by atoms with E-state index < -0.39 is 5.91 Å². The monoisotopic (exact) mass is 373 g/mol. The number of nitrogens with zero attached hydrogens (tertiary/aromatic N) is 3. The first-order valence-corrected chi connectivity index (χ1v) is 8.55. The number of hydrogen-bond acceptors (Lipinski definition) is 4. The van der Waals surface area contributed by atoms with Crippen LogP contribution in [0.3, 0.4) is 0 Å². The van der Waals surface area contributed by atoms with Gasteiger partial charge in [0.2, 0.25) is 5.91 Å². The summed E-state index contributed by atoms with van der Waals surface area (Å²) in [4.78, 5) is 24.0. The van der Waals surface area contributed by atoms with Crippen molar-refractivity contribution in [2.24, 2.45) is 0 Å². The number of aryl methyl sites for hydroxylation is 2. The molecular weight excluding hydrogens is 354 g/mol. The Hall–Kier alpha value is -2.85. The molecule has 2 N–H and O–H groups in total. The summed E-state index contributed by atoms with van der Waals surface area (Å²) in [7, 11) is 0. The molecular formula is C18H20ClN5O2. The number of amides is 2. The molecule has 2 amide bonds. The van der Waals surface area contributed by atoms with E-state index in [0.29, 0.717) is 30.0 Å². The van der Waals surface area contributed by atoms with Crippen molar-refractivity contribution >= 4 is 23.4 Å². The van der Waals surface area contributed by atoms with Gasteiger partial charge in [-0.1, -0.05) is 23.7 Å². The Kier molecular flexibility index (Phi) is 6.75. The third-order valence-corrected chi connectivity index (χ3v) is 4.33. The Labute approximate surface area is 156 Å². The Balaban J connectivity index is 1.88. The van der Waals surface area contributed by atoms with E-state index in [9.17, 15) is 9.59 Å². The summed E-state index contributed by atoms with van der Waals surface area (Å²) in [5.74, 6) is -0.783. The standard InChI is InChI=1S/C18H20ClN5O2/c1-12-14(13(2)24(23-12)11-5-10-20)8-9-17(25)21-22-18(26)15-6-3-4-7-16(15)19/h3-4,6-7H,5,8-9,11H2,1-2H3,(H,21,25)(H,22,26). The Morgan fingerprint density at radius 3 is 2.69 bits per heavy atom. The lowest BCUT2D eigenvalue weighted by Crippen LogP contribution is -2.41. The van der Waals surface area contributed by atoms with Gasteiger partial charge in [-0.3, -0.25) is 25.1 Å². The number of nitriles is 1. The molecule has 0 aliphatic heterocycles. The number of carbonyl (C=O) groups is 2. The zero-order chi connectivity index (χ0) is 19.1. The second-order valence-electron chi connectivity index (χ2n) is 5.76. The molecule has 0 bridgehead atoms. The van der Waals surface area contributed by atoms with Gasteiger partial charge in [-0.2, -0.15) is 10.4 Å². The molecule has 26 heavy (non-hydrogen) atoms. The molecule has 0 aliphatic rings. The molecule has 0 atom stereocenters. The van der Waals surface area contributed by atoms with E-state index in [1.165, 1.54) is 0 Å². The largest absolute Gasteiger partial charge is 0.273 e. The Morgan fingerprint density at radius 1 is 1.27 bits per heavy atom. The fraction of sp³-hybridized carbons (Fsp3) is 0.333. The van der Waals surface area contributed by atoms with Crippen LogP contribution in [-0.4, -0.2) is 21.6 Å². The molecule has 1 heterocycles. The smallest absolute Gasteiger partial charge is 0.271 e. The Morgan fingerprint density at radius 2 is 2.00 bits per heavy atom. The maximum absolute atomic E-state index is 12.0. The summed E-state index contributed by atoms with van der Waals surface area (Å²) >= 11 is 5.95. The summed E-state index contributed by atoms with van der Waals surface area (Å²) in [5.41, 5.74) is 7.81. The van der Waals surface area contributed by atoms with Gasteiger partial charge in [-0.05, 0) is 38.0 Å². The molecule has 0 spiro atoms. The van der Waals surface area contributed by atoms with Crippen molar-refractivity contribution in [3.63, 3.8) is 0 Å². The molecule has 0 saturated heterocycles. The predicted octanol–water partition coefficient (Wildman–Crippen LogP) is 2.46. The summed E-state index contributed by atoms with van der Waals surface area (Å²) < 4.78 is 1.78. The summed E-state index contributed by atoms with van der Waals surface area (Å²) in [6.45, 7) is 4.33. The highest BCUT2D eigenvalue weighted by Gasteiger charge is 2.14. The van der Waals surface area contributed by atoms with Gasteiger partial charge in [0, 0.05) is 12.1 Å². The van der Waals surface area contributed by atoms with E-state index in [2.05, 4.69) is 22.0 Å². The fourth-order valence-electron chi connectivity index (χ4n) is 2.61. The molecule has 8 heteroatoms. The average molecular weight is 374 g/mol. The van der Waals surface area contributed by atoms with Gasteiger partial charge in [0.25, 0.3) is 5.91 Å². The van der Waals surface area contributed by atoms with Crippen molar-refractivity contribution in [3.8, 4) is 6.07 Å². The molecule has 7 nitrogen and oxygen atoms in total. The van der Waals surface area contributed by atoms with Crippen LogP contribution in [0, 0.1) is 25.2 Å². The highest BCUT2D eigenvalue weighted by Crippen LogP contribution is 2.16. The maximum atomic E-state index is 12.0. The first-order valence-electron chi connectivity index (χ1n) is 8.17. The van der Waals surface area contributed by atoms with Crippen molar-refractivity contribution in [1.82, 2.24) is 20.6 Å². The second kappa shape index (κ2) is 9.02.